The molecule has 0 unspecified atom stereocenters. The van der Waals surface area contributed by atoms with Crippen LogP contribution in [0.5, 0.6) is 0 Å². The van der Waals surface area contributed by atoms with E-state index in [1.165, 1.54) is 17.2 Å². The highest BCUT2D eigenvalue weighted by Gasteiger charge is 2.14. The van der Waals surface area contributed by atoms with Gasteiger partial charge in [0.15, 0.2) is 5.43 Å². The monoisotopic (exact) mass is 315 g/mol. The van der Waals surface area contributed by atoms with E-state index < -0.39 is 0 Å². The summed E-state index contributed by atoms with van der Waals surface area (Å²) < 4.78 is 5.09. The van der Waals surface area contributed by atoms with E-state index in [-0.39, 0.29) is 5.43 Å². The Morgan fingerprint density at radius 1 is 0.917 bits per heavy atom. The summed E-state index contributed by atoms with van der Waals surface area (Å²) in [5, 5.41) is 2.33. The van der Waals surface area contributed by atoms with Gasteiger partial charge in [-0.05, 0) is 28.3 Å². The molecular formula is C21H17NO2. The second-order valence-corrected chi connectivity index (χ2v) is 6.26. The van der Waals surface area contributed by atoms with Crippen molar-refractivity contribution in [3.63, 3.8) is 0 Å². The minimum atomic E-state index is -0.0728. The lowest BCUT2D eigenvalue weighted by Crippen LogP contribution is -2.07. The van der Waals surface area contributed by atoms with Crippen molar-refractivity contribution in [3.05, 3.63) is 76.8 Å². The Labute approximate surface area is 139 Å². The van der Waals surface area contributed by atoms with Crippen LogP contribution in [0, 0.1) is 0 Å². The van der Waals surface area contributed by atoms with Crippen LogP contribution in [0.4, 0.5) is 0 Å². The van der Waals surface area contributed by atoms with Gasteiger partial charge in [0.25, 0.3) is 0 Å². The number of benzene rings is 2. The van der Waals surface area contributed by atoms with Gasteiger partial charge in [0.1, 0.15) is 6.26 Å². The van der Waals surface area contributed by atoms with Crippen LogP contribution < -0.4 is 5.43 Å². The quantitative estimate of drug-likeness (QED) is 0.518. The Bertz CT molecular complexity index is 1060. The van der Waals surface area contributed by atoms with Gasteiger partial charge in [0.05, 0.1) is 23.2 Å². The van der Waals surface area contributed by atoms with Crippen LogP contribution in [0.2, 0.25) is 0 Å². The molecular weight excluding hydrogens is 298 g/mol. The molecule has 0 radical (unpaired) electrons. The van der Waals surface area contributed by atoms with E-state index in [2.05, 4.69) is 43.1 Å². The van der Waals surface area contributed by atoms with E-state index in [9.17, 15) is 4.79 Å². The van der Waals surface area contributed by atoms with Gasteiger partial charge in [-0.25, -0.2) is 4.98 Å². The number of hydrogen-bond donors (Lipinski definition) is 0. The average Bonchev–Trinajstić information content (AvgIpc) is 2.60. The summed E-state index contributed by atoms with van der Waals surface area (Å²) in [5.74, 6) is 0.435. The number of rotatable bonds is 2. The number of aromatic nitrogens is 1. The van der Waals surface area contributed by atoms with Crippen molar-refractivity contribution < 1.29 is 4.42 Å². The molecule has 2 aromatic carbocycles. The Kier molecular flexibility index (Phi) is 3.42. The van der Waals surface area contributed by atoms with Gasteiger partial charge in [0, 0.05) is 11.6 Å². The number of fused-ring (bicyclic) bond motifs is 2. The largest absolute Gasteiger partial charge is 0.472 e. The summed E-state index contributed by atoms with van der Waals surface area (Å²) in [7, 11) is 0. The molecule has 0 aromatic heterocycles. The molecule has 0 amide bonds. The van der Waals surface area contributed by atoms with Gasteiger partial charge in [0.2, 0.25) is 0 Å². The highest BCUT2D eigenvalue weighted by molar-refractivity contribution is 5.98. The number of hydrogen-bond acceptors (Lipinski definition) is 3. The summed E-state index contributed by atoms with van der Waals surface area (Å²) >= 11 is 0. The molecule has 2 aliphatic heterocycles. The van der Waals surface area contributed by atoms with Crippen LogP contribution in [0.25, 0.3) is 33.3 Å². The molecule has 24 heavy (non-hydrogen) atoms. The zero-order valence-corrected chi connectivity index (χ0v) is 13.6. The molecule has 3 heteroatoms. The highest BCUT2D eigenvalue weighted by Crippen LogP contribution is 2.33. The van der Waals surface area contributed by atoms with Crippen LogP contribution in [0.1, 0.15) is 25.3 Å². The molecule has 0 fully saturated rings. The van der Waals surface area contributed by atoms with Crippen LogP contribution in [0.15, 0.2) is 70.3 Å². The van der Waals surface area contributed by atoms with Gasteiger partial charge in [-0.2, -0.15) is 0 Å². The Hall–Kier alpha value is -2.94. The predicted octanol–water partition coefficient (Wildman–Crippen LogP) is 5.08. The van der Waals surface area contributed by atoms with Crippen molar-refractivity contribution in [3.8, 4) is 22.5 Å². The molecule has 0 bridgehead atoms. The molecule has 0 aliphatic carbocycles. The Morgan fingerprint density at radius 3 is 2.50 bits per heavy atom. The van der Waals surface area contributed by atoms with Gasteiger partial charge in [-0.1, -0.05) is 50.2 Å². The molecule has 2 heterocycles. The molecule has 0 saturated heterocycles. The first-order valence-electron chi connectivity index (χ1n) is 8.04. The molecule has 2 aromatic rings. The van der Waals surface area contributed by atoms with Gasteiger partial charge < -0.3 is 4.42 Å². The van der Waals surface area contributed by atoms with Crippen molar-refractivity contribution in [1.29, 1.82) is 0 Å². The zero-order valence-electron chi connectivity index (χ0n) is 13.6. The maximum Gasteiger partial charge on any atom is 0.193 e. The summed E-state index contributed by atoms with van der Waals surface area (Å²) in [6.07, 6.45) is 2.99. The van der Waals surface area contributed by atoms with Crippen molar-refractivity contribution in [1.82, 2.24) is 4.98 Å². The first-order chi connectivity index (χ1) is 11.6. The van der Waals surface area contributed by atoms with Crippen molar-refractivity contribution in [2.75, 3.05) is 0 Å². The fraction of sp³-hybridized carbons (Fsp3) is 0.143. The number of pyridine rings is 1. The molecule has 4 rings (SSSR count). The smallest absolute Gasteiger partial charge is 0.193 e. The average molecular weight is 315 g/mol. The molecule has 3 nitrogen and oxygen atoms in total. The SMILES string of the molecule is CC(C)c1ccc(-c2cc(=O)c3coccc-3n2)c2ccccc12. The lowest BCUT2D eigenvalue weighted by Gasteiger charge is -2.14. The molecule has 0 spiro atoms. The van der Waals surface area contributed by atoms with Gasteiger partial charge >= 0.3 is 0 Å². The van der Waals surface area contributed by atoms with E-state index in [4.69, 9.17) is 4.42 Å². The van der Waals surface area contributed by atoms with Crippen molar-refractivity contribution in [2.24, 2.45) is 0 Å². The summed E-state index contributed by atoms with van der Waals surface area (Å²) in [6, 6.07) is 15.8. The molecule has 0 atom stereocenters. The minimum absolute atomic E-state index is 0.0728. The normalized spacial score (nSPS) is 11.5. The first-order valence-corrected chi connectivity index (χ1v) is 8.04. The third-order valence-electron chi connectivity index (χ3n) is 4.40. The Morgan fingerprint density at radius 2 is 1.71 bits per heavy atom. The van der Waals surface area contributed by atoms with E-state index >= 15 is 0 Å². The number of nitrogens with zero attached hydrogens (tertiary/aromatic N) is 1. The lowest BCUT2D eigenvalue weighted by molar-refractivity contribution is 0.550. The van der Waals surface area contributed by atoms with E-state index in [0.717, 1.165) is 10.9 Å². The van der Waals surface area contributed by atoms with Crippen molar-refractivity contribution >= 4 is 10.8 Å². The topological polar surface area (TPSA) is 43.1 Å². The van der Waals surface area contributed by atoms with E-state index in [1.807, 2.05) is 12.1 Å². The van der Waals surface area contributed by atoms with Crippen LogP contribution in [-0.2, 0) is 0 Å². The van der Waals surface area contributed by atoms with Crippen LogP contribution in [0.3, 0.4) is 0 Å². The summed E-state index contributed by atoms with van der Waals surface area (Å²) in [6.45, 7) is 4.38. The van der Waals surface area contributed by atoms with Gasteiger partial charge in [-0.3, -0.25) is 4.79 Å². The predicted molar refractivity (Wildman–Crippen MR) is 96.4 cm³/mol. The molecule has 2 aliphatic rings. The fourth-order valence-corrected chi connectivity index (χ4v) is 3.19. The summed E-state index contributed by atoms with van der Waals surface area (Å²) in [4.78, 5) is 17.1. The van der Waals surface area contributed by atoms with Crippen LogP contribution in [-0.4, -0.2) is 4.98 Å². The zero-order chi connectivity index (χ0) is 16.7. The van der Waals surface area contributed by atoms with E-state index in [1.54, 1.807) is 18.4 Å². The first kappa shape index (κ1) is 14.6. The van der Waals surface area contributed by atoms with Gasteiger partial charge in [-0.15, -0.1) is 0 Å². The van der Waals surface area contributed by atoms with Crippen molar-refractivity contribution in [2.45, 2.75) is 19.8 Å². The van der Waals surface area contributed by atoms with E-state index in [0.29, 0.717) is 22.9 Å². The minimum Gasteiger partial charge on any atom is -0.472 e. The lowest BCUT2D eigenvalue weighted by atomic mass is 9.92. The summed E-state index contributed by atoms with van der Waals surface area (Å²) in [5.41, 5.74) is 4.07. The standard InChI is InChI=1S/C21H17NO2/c1-13(2)14-7-8-17(16-6-4-3-5-15(14)16)20-11-21(23)18-12-24-10-9-19(18)22-20/h3-13H,1-2H3. The fourth-order valence-electron chi connectivity index (χ4n) is 3.19. The molecule has 0 N–H and O–H groups in total. The third-order valence-corrected chi connectivity index (χ3v) is 4.40. The second-order valence-electron chi connectivity index (χ2n) is 6.26. The molecule has 0 saturated carbocycles. The molecule has 118 valence electrons. The maximum absolute atomic E-state index is 12.4. The highest BCUT2D eigenvalue weighted by atomic mass is 16.3. The Balaban J connectivity index is 2.04. The maximum atomic E-state index is 12.4. The van der Waals surface area contributed by atoms with Crippen LogP contribution >= 0.6 is 0 Å². The third kappa shape index (κ3) is 2.29. The second kappa shape index (κ2) is 5.60.